The van der Waals surface area contributed by atoms with Crippen LogP contribution < -0.4 is 10.5 Å². The summed E-state index contributed by atoms with van der Waals surface area (Å²) in [6.07, 6.45) is 4.15. The first-order chi connectivity index (χ1) is 8.67. The SMILES string of the molecule is CCc1nnc(OCC2CC2)c(C(N)=S)c1CC. The topological polar surface area (TPSA) is 61.0 Å². The van der Waals surface area contributed by atoms with Gasteiger partial charge in [-0.05, 0) is 37.2 Å². The van der Waals surface area contributed by atoms with Gasteiger partial charge in [-0.3, -0.25) is 0 Å². The van der Waals surface area contributed by atoms with Crippen molar-refractivity contribution in [2.45, 2.75) is 39.5 Å². The average Bonchev–Trinajstić information content (AvgIpc) is 3.18. The first-order valence-corrected chi connectivity index (χ1v) is 6.89. The fraction of sp³-hybridized carbons (Fsp3) is 0.615. The first-order valence-electron chi connectivity index (χ1n) is 6.48. The van der Waals surface area contributed by atoms with E-state index in [0.717, 1.165) is 29.7 Å². The molecule has 1 aliphatic carbocycles. The quantitative estimate of drug-likeness (QED) is 0.797. The van der Waals surface area contributed by atoms with Gasteiger partial charge in [0.15, 0.2) is 0 Å². The molecule has 0 radical (unpaired) electrons. The summed E-state index contributed by atoms with van der Waals surface area (Å²) in [7, 11) is 0. The zero-order chi connectivity index (χ0) is 13.1. The largest absolute Gasteiger partial charge is 0.476 e. The molecule has 4 nitrogen and oxygen atoms in total. The van der Waals surface area contributed by atoms with Crippen molar-refractivity contribution in [2.75, 3.05) is 6.61 Å². The van der Waals surface area contributed by atoms with Gasteiger partial charge in [0.1, 0.15) is 4.99 Å². The Kier molecular flexibility index (Phi) is 4.11. The number of aromatic nitrogens is 2. The van der Waals surface area contributed by atoms with Crippen molar-refractivity contribution in [3.05, 3.63) is 16.8 Å². The van der Waals surface area contributed by atoms with Crippen LogP contribution in [-0.2, 0) is 12.8 Å². The molecule has 1 heterocycles. The van der Waals surface area contributed by atoms with Crippen LogP contribution in [0.2, 0.25) is 0 Å². The van der Waals surface area contributed by atoms with Gasteiger partial charge in [-0.1, -0.05) is 26.1 Å². The third-order valence-electron chi connectivity index (χ3n) is 3.21. The minimum absolute atomic E-state index is 0.349. The predicted molar refractivity (Wildman–Crippen MR) is 74.9 cm³/mol. The molecule has 98 valence electrons. The van der Waals surface area contributed by atoms with Crippen molar-refractivity contribution < 1.29 is 4.74 Å². The van der Waals surface area contributed by atoms with Crippen LogP contribution in [0.3, 0.4) is 0 Å². The molecule has 1 fully saturated rings. The van der Waals surface area contributed by atoms with E-state index in [-0.39, 0.29) is 0 Å². The summed E-state index contributed by atoms with van der Waals surface area (Å²) in [6, 6.07) is 0. The van der Waals surface area contributed by atoms with Crippen LogP contribution in [0.5, 0.6) is 5.88 Å². The fourth-order valence-electron chi connectivity index (χ4n) is 1.99. The molecule has 0 unspecified atom stereocenters. The summed E-state index contributed by atoms with van der Waals surface area (Å²) < 4.78 is 5.72. The minimum atomic E-state index is 0.349. The van der Waals surface area contributed by atoms with Gasteiger partial charge in [0.25, 0.3) is 0 Å². The molecule has 18 heavy (non-hydrogen) atoms. The van der Waals surface area contributed by atoms with Crippen molar-refractivity contribution in [2.24, 2.45) is 11.7 Å². The van der Waals surface area contributed by atoms with Crippen LogP contribution in [0.15, 0.2) is 0 Å². The molecule has 0 atom stereocenters. The van der Waals surface area contributed by atoms with E-state index in [0.29, 0.717) is 23.4 Å². The molecule has 1 aliphatic rings. The number of rotatable bonds is 6. The van der Waals surface area contributed by atoms with Crippen LogP contribution in [0.25, 0.3) is 0 Å². The highest BCUT2D eigenvalue weighted by Crippen LogP contribution is 2.30. The first kappa shape index (κ1) is 13.2. The van der Waals surface area contributed by atoms with Gasteiger partial charge in [-0.15, -0.1) is 5.10 Å². The van der Waals surface area contributed by atoms with Gasteiger partial charge >= 0.3 is 0 Å². The predicted octanol–water partition coefficient (Wildman–Crippen LogP) is 2.02. The lowest BCUT2D eigenvalue weighted by molar-refractivity contribution is 0.284. The molecular formula is C13H19N3OS. The number of hydrogen-bond donors (Lipinski definition) is 1. The number of hydrogen-bond acceptors (Lipinski definition) is 4. The summed E-state index contributed by atoms with van der Waals surface area (Å²) in [5.74, 6) is 1.17. The van der Waals surface area contributed by atoms with E-state index in [1.165, 1.54) is 12.8 Å². The van der Waals surface area contributed by atoms with Gasteiger partial charge in [0.2, 0.25) is 5.88 Å². The normalized spacial score (nSPS) is 14.6. The Morgan fingerprint density at radius 2 is 2.06 bits per heavy atom. The fourth-order valence-corrected chi connectivity index (χ4v) is 2.20. The lowest BCUT2D eigenvalue weighted by Crippen LogP contribution is -2.19. The molecule has 2 N–H and O–H groups in total. The van der Waals surface area contributed by atoms with E-state index in [2.05, 4.69) is 24.0 Å². The molecule has 1 saturated carbocycles. The van der Waals surface area contributed by atoms with Crippen LogP contribution in [-0.4, -0.2) is 21.8 Å². The van der Waals surface area contributed by atoms with Gasteiger partial charge in [0.05, 0.1) is 17.9 Å². The van der Waals surface area contributed by atoms with E-state index in [1.807, 2.05) is 0 Å². The Morgan fingerprint density at radius 1 is 1.33 bits per heavy atom. The second kappa shape index (κ2) is 5.61. The van der Waals surface area contributed by atoms with Crippen LogP contribution in [0, 0.1) is 5.92 Å². The standard InChI is InChI=1S/C13H19N3OS/c1-3-9-10(4-2)15-16-13(11(9)12(14)18)17-7-8-5-6-8/h8H,3-7H2,1-2H3,(H2,14,18). The van der Waals surface area contributed by atoms with Crippen molar-refractivity contribution in [3.8, 4) is 5.88 Å². The Hall–Kier alpha value is -1.23. The maximum atomic E-state index is 5.82. The zero-order valence-electron chi connectivity index (χ0n) is 10.9. The Balaban J connectivity index is 2.34. The molecule has 0 aromatic carbocycles. The molecule has 0 bridgehead atoms. The molecule has 5 heteroatoms. The van der Waals surface area contributed by atoms with Crippen molar-refractivity contribution in [1.82, 2.24) is 10.2 Å². The van der Waals surface area contributed by atoms with Crippen molar-refractivity contribution in [1.29, 1.82) is 0 Å². The maximum Gasteiger partial charge on any atom is 0.244 e. The Labute approximate surface area is 113 Å². The average molecular weight is 265 g/mol. The van der Waals surface area contributed by atoms with Gasteiger partial charge in [0, 0.05) is 0 Å². The van der Waals surface area contributed by atoms with Gasteiger partial charge in [-0.2, -0.15) is 5.10 Å². The van der Waals surface area contributed by atoms with E-state index in [4.69, 9.17) is 22.7 Å². The lowest BCUT2D eigenvalue weighted by atomic mass is 10.0. The van der Waals surface area contributed by atoms with E-state index >= 15 is 0 Å². The monoisotopic (exact) mass is 265 g/mol. The molecular weight excluding hydrogens is 246 g/mol. The van der Waals surface area contributed by atoms with Gasteiger partial charge in [-0.25, -0.2) is 0 Å². The van der Waals surface area contributed by atoms with Crippen LogP contribution in [0.1, 0.15) is 43.5 Å². The van der Waals surface area contributed by atoms with Crippen molar-refractivity contribution >= 4 is 17.2 Å². The number of ether oxygens (including phenoxy) is 1. The number of nitrogens with zero attached hydrogens (tertiary/aromatic N) is 2. The van der Waals surface area contributed by atoms with Crippen LogP contribution in [0.4, 0.5) is 0 Å². The van der Waals surface area contributed by atoms with Gasteiger partial charge < -0.3 is 10.5 Å². The maximum absolute atomic E-state index is 5.82. The van der Waals surface area contributed by atoms with Crippen molar-refractivity contribution in [3.63, 3.8) is 0 Å². The highest BCUT2D eigenvalue weighted by Gasteiger charge is 2.24. The summed E-state index contributed by atoms with van der Waals surface area (Å²) in [6.45, 7) is 4.82. The highest BCUT2D eigenvalue weighted by atomic mass is 32.1. The number of aryl methyl sites for hydroxylation is 1. The Morgan fingerprint density at radius 3 is 2.56 bits per heavy atom. The molecule has 2 rings (SSSR count). The van der Waals surface area contributed by atoms with Crippen LogP contribution >= 0.6 is 12.2 Å². The second-order valence-corrected chi connectivity index (χ2v) is 5.07. The molecule has 0 amide bonds. The third kappa shape index (κ3) is 2.77. The third-order valence-corrected chi connectivity index (χ3v) is 3.42. The summed E-state index contributed by atoms with van der Waals surface area (Å²) in [5, 5.41) is 8.36. The number of nitrogens with two attached hydrogens (primary N) is 1. The summed E-state index contributed by atoms with van der Waals surface area (Å²) >= 11 is 5.14. The molecule has 1 aromatic rings. The second-order valence-electron chi connectivity index (χ2n) is 4.63. The van der Waals surface area contributed by atoms with E-state index < -0.39 is 0 Å². The summed E-state index contributed by atoms with van der Waals surface area (Å²) in [4.78, 5) is 0.349. The smallest absolute Gasteiger partial charge is 0.244 e. The molecule has 0 spiro atoms. The lowest BCUT2D eigenvalue weighted by Gasteiger charge is -2.14. The summed E-state index contributed by atoms with van der Waals surface area (Å²) in [5.41, 5.74) is 8.63. The van der Waals surface area contributed by atoms with E-state index in [9.17, 15) is 0 Å². The molecule has 0 aliphatic heterocycles. The minimum Gasteiger partial charge on any atom is -0.476 e. The molecule has 0 saturated heterocycles. The molecule has 1 aromatic heterocycles. The van der Waals surface area contributed by atoms with E-state index in [1.54, 1.807) is 0 Å². The number of thiocarbonyl (C=S) groups is 1. The Bertz CT molecular complexity index is 458. The zero-order valence-corrected chi connectivity index (χ0v) is 11.7. The highest BCUT2D eigenvalue weighted by molar-refractivity contribution is 7.80.